The van der Waals surface area contributed by atoms with Gasteiger partial charge in [-0.2, -0.15) is 26.3 Å². The van der Waals surface area contributed by atoms with Gasteiger partial charge < -0.3 is 5.84 Å². The van der Waals surface area contributed by atoms with Crippen molar-refractivity contribution < 1.29 is 30.8 Å². The standard InChI is InChI=1S/C17H18ClF4N5O5S/c1-8(2)3-4-24-33(31,32)25-15(29)9-5-12(11(19)6-10(9)18)26-14(28)7-13(17(20,21)22)27(23)16(26)30/h5-8,24H,3-4,23H2,1-2H3,(H,25,29). The monoisotopic (exact) mass is 515 g/mol. The smallest absolute Gasteiger partial charge is 0.335 e. The summed E-state index contributed by atoms with van der Waals surface area (Å²) in [6, 6.07) is 0.972. The fourth-order valence-corrected chi connectivity index (χ4v) is 3.62. The SMILES string of the molecule is CC(C)CCNS(=O)(=O)NC(=O)c1cc(-n2c(=O)cc(C(F)(F)F)n(N)c2=O)c(F)cc1Cl. The van der Waals surface area contributed by atoms with Crippen LogP contribution in [-0.4, -0.2) is 30.1 Å². The van der Waals surface area contributed by atoms with E-state index in [9.17, 15) is 40.4 Å². The maximum atomic E-state index is 14.5. The third-order valence-electron chi connectivity index (χ3n) is 4.19. The minimum atomic E-state index is -5.16. The zero-order chi connectivity index (χ0) is 25.3. The van der Waals surface area contributed by atoms with Crippen molar-refractivity contribution in [1.82, 2.24) is 18.7 Å². The van der Waals surface area contributed by atoms with Crippen molar-refractivity contribution in [2.45, 2.75) is 26.4 Å². The molecule has 0 bridgehead atoms. The Kier molecular flexibility index (Phi) is 7.60. The van der Waals surface area contributed by atoms with Crippen molar-refractivity contribution >= 4 is 27.7 Å². The third kappa shape index (κ3) is 6.11. The van der Waals surface area contributed by atoms with E-state index in [0.29, 0.717) is 18.6 Å². The van der Waals surface area contributed by atoms with Crippen LogP contribution in [0.4, 0.5) is 17.6 Å². The molecule has 2 rings (SSSR count). The van der Waals surface area contributed by atoms with Gasteiger partial charge in [-0.1, -0.05) is 25.4 Å². The van der Waals surface area contributed by atoms with Gasteiger partial charge in [-0.3, -0.25) is 9.59 Å². The topological polar surface area (TPSA) is 145 Å². The van der Waals surface area contributed by atoms with E-state index in [1.54, 1.807) is 4.72 Å². The number of carbonyl (C=O) groups excluding carboxylic acids is 1. The lowest BCUT2D eigenvalue weighted by atomic mass is 10.1. The van der Waals surface area contributed by atoms with Crippen LogP contribution in [0.25, 0.3) is 5.69 Å². The first kappa shape index (κ1) is 26.3. The molecule has 0 unspecified atom stereocenters. The number of rotatable bonds is 7. The third-order valence-corrected chi connectivity index (χ3v) is 5.54. The molecule has 1 amide bonds. The number of benzene rings is 1. The summed E-state index contributed by atoms with van der Waals surface area (Å²) in [6.45, 7) is 3.68. The lowest BCUT2D eigenvalue weighted by molar-refractivity contribution is -0.143. The number of carbonyl (C=O) groups is 1. The van der Waals surface area contributed by atoms with Crippen LogP contribution in [0, 0.1) is 11.7 Å². The molecule has 33 heavy (non-hydrogen) atoms. The first-order valence-corrected chi connectivity index (χ1v) is 10.9. The normalized spacial score (nSPS) is 12.2. The Hall–Kier alpha value is -2.91. The van der Waals surface area contributed by atoms with Crippen LogP contribution in [0.3, 0.4) is 0 Å². The molecule has 0 aliphatic heterocycles. The van der Waals surface area contributed by atoms with E-state index in [1.807, 2.05) is 13.8 Å². The van der Waals surface area contributed by atoms with E-state index in [0.717, 1.165) is 0 Å². The average molecular weight is 516 g/mol. The van der Waals surface area contributed by atoms with Gasteiger partial charge in [0.15, 0.2) is 5.69 Å². The highest BCUT2D eigenvalue weighted by Crippen LogP contribution is 2.27. The van der Waals surface area contributed by atoms with Crippen LogP contribution in [0.5, 0.6) is 0 Å². The first-order valence-electron chi connectivity index (χ1n) is 9.07. The highest BCUT2D eigenvalue weighted by molar-refractivity contribution is 7.88. The highest BCUT2D eigenvalue weighted by atomic mass is 35.5. The van der Waals surface area contributed by atoms with Crippen molar-refractivity contribution in [3.63, 3.8) is 0 Å². The van der Waals surface area contributed by atoms with Gasteiger partial charge in [0.25, 0.3) is 11.5 Å². The molecule has 0 atom stereocenters. The predicted octanol–water partition coefficient (Wildman–Crippen LogP) is 1.13. The average Bonchev–Trinajstić information content (AvgIpc) is 2.64. The fraction of sp³-hybridized carbons (Fsp3) is 0.353. The Morgan fingerprint density at radius 1 is 1.21 bits per heavy atom. The molecule has 1 aromatic heterocycles. The van der Waals surface area contributed by atoms with Crippen molar-refractivity contribution in [2.24, 2.45) is 5.92 Å². The number of halogens is 5. The van der Waals surface area contributed by atoms with Gasteiger partial charge in [0.1, 0.15) is 5.82 Å². The zero-order valence-corrected chi connectivity index (χ0v) is 18.6. The van der Waals surface area contributed by atoms with Crippen LogP contribution < -0.4 is 26.5 Å². The Morgan fingerprint density at radius 3 is 2.36 bits per heavy atom. The molecule has 16 heteroatoms. The van der Waals surface area contributed by atoms with Gasteiger partial charge in [-0.25, -0.2) is 23.2 Å². The molecule has 0 aliphatic rings. The summed E-state index contributed by atoms with van der Waals surface area (Å²) in [5, 5.41) is -0.598. The molecule has 1 heterocycles. The van der Waals surface area contributed by atoms with Gasteiger partial charge >= 0.3 is 22.1 Å². The van der Waals surface area contributed by atoms with Gasteiger partial charge in [-0.05, 0) is 24.5 Å². The minimum Gasteiger partial charge on any atom is -0.335 e. The van der Waals surface area contributed by atoms with E-state index in [-0.39, 0.29) is 23.1 Å². The molecule has 1 aromatic carbocycles. The van der Waals surface area contributed by atoms with Crippen LogP contribution in [0.15, 0.2) is 27.8 Å². The summed E-state index contributed by atoms with van der Waals surface area (Å²) in [7, 11) is -4.36. The molecule has 2 aromatic rings. The lowest BCUT2D eigenvalue weighted by Crippen LogP contribution is -2.45. The molecule has 0 fully saturated rings. The van der Waals surface area contributed by atoms with E-state index in [1.165, 1.54) is 0 Å². The minimum absolute atomic E-state index is 0.000328. The number of aromatic nitrogens is 2. The molecule has 0 radical (unpaired) electrons. The molecule has 0 spiro atoms. The molecule has 0 aliphatic carbocycles. The number of nitrogen functional groups attached to an aromatic ring is 1. The fourth-order valence-electron chi connectivity index (χ4n) is 2.57. The number of nitrogens with two attached hydrogens (primary N) is 1. The lowest BCUT2D eigenvalue weighted by Gasteiger charge is -2.15. The summed E-state index contributed by atoms with van der Waals surface area (Å²) in [5.74, 6) is 2.55. The number of hydrogen-bond acceptors (Lipinski definition) is 6. The summed E-state index contributed by atoms with van der Waals surface area (Å²) in [5.41, 5.74) is -6.83. The Labute approximate surface area is 189 Å². The van der Waals surface area contributed by atoms with Gasteiger partial charge in [-0.15, -0.1) is 0 Å². The van der Waals surface area contributed by atoms with E-state index in [2.05, 4.69) is 4.72 Å². The summed E-state index contributed by atoms with van der Waals surface area (Å²) in [6.07, 6.45) is -4.70. The van der Waals surface area contributed by atoms with Crippen LogP contribution in [0.2, 0.25) is 5.02 Å². The Balaban J connectivity index is 2.53. The summed E-state index contributed by atoms with van der Waals surface area (Å²) >= 11 is 5.79. The second-order valence-electron chi connectivity index (χ2n) is 7.15. The first-order chi connectivity index (χ1) is 15.0. The highest BCUT2D eigenvalue weighted by Gasteiger charge is 2.36. The van der Waals surface area contributed by atoms with Gasteiger partial charge in [0.05, 0.1) is 16.3 Å². The maximum absolute atomic E-state index is 14.5. The van der Waals surface area contributed by atoms with Crippen LogP contribution in [0.1, 0.15) is 36.3 Å². The summed E-state index contributed by atoms with van der Waals surface area (Å²) in [4.78, 5) is 36.9. The molecule has 0 saturated heterocycles. The molecule has 4 N–H and O–H groups in total. The predicted molar refractivity (Wildman–Crippen MR) is 110 cm³/mol. The maximum Gasteiger partial charge on any atom is 0.433 e. The molecular formula is C17H18ClF4N5O5S. The number of nitrogens with one attached hydrogen (secondary N) is 2. The van der Waals surface area contributed by atoms with Gasteiger partial charge in [0, 0.05) is 12.6 Å². The summed E-state index contributed by atoms with van der Waals surface area (Å²) < 4.78 is 80.6. The van der Waals surface area contributed by atoms with Crippen molar-refractivity contribution in [2.75, 3.05) is 12.4 Å². The zero-order valence-electron chi connectivity index (χ0n) is 17.0. The number of amides is 1. The van der Waals surface area contributed by atoms with Crippen molar-refractivity contribution in [1.29, 1.82) is 0 Å². The van der Waals surface area contributed by atoms with Gasteiger partial charge in [0.2, 0.25) is 0 Å². The Morgan fingerprint density at radius 2 is 1.82 bits per heavy atom. The largest absolute Gasteiger partial charge is 0.433 e. The van der Waals surface area contributed by atoms with E-state index < -0.39 is 66.0 Å². The van der Waals surface area contributed by atoms with Crippen molar-refractivity contribution in [3.05, 3.63) is 61.1 Å². The quantitative estimate of drug-likeness (QED) is 0.372. The van der Waals surface area contributed by atoms with Crippen LogP contribution in [-0.2, 0) is 16.4 Å². The number of alkyl halides is 3. The van der Waals surface area contributed by atoms with Crippen LogP contribution >= 0.6 is 11.6 Å². The Bertz CT molecular complexity index is 1300. The molecule has 182 valence electrons. The van der Waals surface area contributed by atoms with E-state index >= 15 is 0 Å². The second kappa shape index (κ2) is 9.52. The molecular weight excluding hydrogens is 498 g/mol. The second-order valence-corrected chi connectivity index (χ2v) is 9.06. The molecule has 10 nitrogen and oxygen atoms in total. The number of hydrogen-bond donors (Lipinski definition) is 3. The number of nitrogens with zero attached hydrogens (tertiary/aromatic N) is 2. The molecule has 0 saturated carbocycles. The van der Waals surface area contributed by atoms with Crippen molar-refractivity contribution in [3.8, 4) is 5.69 Å². The van der Waals surface area contributed by atoms with E-state index in [4.69, 9.17) is 17.4 Å².